The molecule has 0 aliphatic carbocycles. The van der Waals surface area contributed by atoms with E-state index in [0.717, 1.165) is 5.56 Å². The van der Waals surface area contributed by atoms with Gasteiger partial charge in [-0.1, -0.05) is 12.1 Å². The summed E-state index contributed by atoms with van der Waals surface area (Å²) >= 11 is 0. The molecule has 1 fully saturated rings. The zero-order chi connectivity index (χ0) is 23.1. The van der Waals surface area contributed by atoms with Crippen molar-refractivity contribution in [3.05, 3.63) is 59.7 Å². The van der Waals surface area contributed by atoms with Crippen LogP contribution in [0.2, 0.25) is 0 Å². The van der Waals surface area contributed by atoms with Gasteiger partial charge in [-0.25, -0.2) is 13.2 Å². The van der Waals surface area contributed by atoms with Crippen LogP contribution in [0.15, 0.2) is 53.4 Å². The van der Waals surface area contributed by atoms with E-state index in [1.807, 2.05) is 7.05 Å². The molecule has 1 amide bonds. The van der Waals surface area contributed by atoms with E-state index in [4.69, 9.17) is 9.47 Å². The Balaban J connectivity index is 1.54. The van der Waals surface area contributed by atoms with Crippen LogP contribution < -0.4 is 10.1 Å². The standard InChI is InChI=1S/C22H27N3O6S/c1-3-30-22(27)31-19-8-6-18(7-9-19)21(26)23-16-17-4-10-20(11-5-17)32(28,29)25-14-12-24(2)13-15-25/h4-11H,3,12-16H2,1-2H3,(H,23,26). The van der Waals surface area contributed by atoms with Crippen molar-refractivity contribution in [3.8, 4) is 5.75 Å². The fraction of sp³-hybridized carbons (Fsp3) is 0.364. The van der Waals surface area contributed by atoms with Gasteiger partial charge in [-0.05, 0) is 55.9 Å². The monoisotopic (exact) mass is 461 g/mol. The number of benzene rings is 2. The molecule has 0 aromatic heterocycles. The molecule has 1 heterocycles. The summed E-state index contributed by atoms with van der Waals surface area (Å²) in [6.07, 6.45) is -0.803. The number of nitrogens with one attached hydrogen (secondary N) is 1. The zero-order valence-corrected chi connectivity index (χ0v) is 18.9. The van der Waals surface area contributed by atoms with Gasteiger partial charge in [-0.3, -0.25) is 4.79 Å². The van der Waals surface area contributed by atoms with E-state index in [1.54, 1.807) is 31.2 Å². The highest BCUT2D eigenvalue weighted by atomic mass is 32.2. The number of nitrogens with zero attached hydrogens (tertiary/aromatic N) is 2. The number of ether oxygens (including phenoxy) is 2. The first-order valence-corrected chi connectivity index (χ1v) is 11.7. The largest absolute Gasteiger partial charge is 0.513 e. The minimum absolute atomic E-state index is 0.210. The highest BCUT2D eigenvalue weighted by Gasteiger charge is 2.27. The van der Waals surface area contributed by atoms with Crippen LogP contribution in [-0.4, -0.2) is 69.5 Å². The zero-order valence-electron chi connectivity index (χ0n) is 18.1. The fourth-order valence-corrected chi connectivity index (χ4v) is 4.58. The molecule has 0 bridgehead atoms. The van der Waals surface area contributed by atoms with E-state index < -0.39 is 16.2 Å². The van der Waals surface area contributed by atoms with Gasteiger partial charge in [0.1, 0.15) is 5.75 Å². The number of hydrogen-bond donors (Lipinski definition) is 1. The molecule has 0 unspecified atom stereocenters. The molecular weight excluding hydrogens is 434 g/mol. The van der Waals surface area contributed by atoms with E-state index in [1.165, 1.54) is 28.6 Å². The second kappa shape index (κ2) is 10.6. The average molecular weight is 462 g/mol. The summed E-state index contributed by atoms with van der Waals surface area (Å²) in [5.41, 5.74) is 1.17. The average Bonchev–Trinajstić information content (AvgIpc) is 2.78. The van der Waals surface area contributed by atoms with Crippen LogP contribution in [0.3, 0.4) is 0 Å². The molecule has 9 nitrogen and oxygen atoms in total. The lowest BCUT2D eigenvalue weighted by Gasteiger charge is -2.31. The number of carbonyl (C=O) groups excluding carboxylic acids is 2. The molecule has 1 N–H and O–H groups in total. The number of hydrogen-bond acceptors (Lipinski definition) is 7. The topological polar surface area (TPSA) is 105 Å². The molecule has 2 aromatic carbocycles. The van der Waals surface area contributed by atoms with Crippen molar-refractivity contribution >= 4 is 22.1 Å². The smallest absolute Gasteiger partial charge is 0.434 e. The minimum Gasteiger partial charge on any atom is -0.434 e. The quantitative estimate of drug-likeness (QED) is 0.497. The van der Waals surface area contributed by atoms with E-state index in [2.05, 4.69) is 10.2 Å². The van der Waals surface area contributed by atoms with E-state index in [9.17, 15) is 18.0 Å². The molecule has 0 radical (unpaired) electrons. The Morgan fingerprint density at radius 1 is 0.969 bits per heavy atom. The first-order chi connectivity index (χ1) is 15.3. The molecule has 2 aromatic rings. The molecule has 0 spiro atoms. The normalized spacial score (nSPS) is 15.2. The Kier molecular flexibility index (Phi) is 7.84. The third-order valence-corrected chi connectivity index (χ3v) is 6.97. The van der Waals surface area contributed by atoms with Gasteiger partial charge in [0, 0.05) is 38.3 Å². The van der Waals surface area contributed by atoms with Crippen molar-refractivity contribution in [1.29, 1.82) is 0 Å². The van der Waals surface area contributed by atoms with Crippen LogP contribution in [0.4, 0.5) is 4.79 Å². The maximum atomic E-state index is 12.8. The van der Waals surface area contributed by atoms with Gasteiger partial charge in [0.2, 0.25) is 10.0 Å². The van der Waals surface area contributed by atoms with Crippen LogP contribution in [0.25, 0.3) is 0 Å². The van der Waals surface area contributed by atoms with Gasteiger partial charge in [0.15, 0.2) is 0 Å². The number of sulfonamides is 1. The van der Waals surface area contributed by atoms with Crippen LogP contribution in [-0.2, 0) is 21.3 Å². The SMILES string of the molecule is CCOC(=O)Oc1ccc(C(=O)NCc2ccc(S(=O)(=O)N3CCN(C)CC3)cc2)cc1. The molecular formula is C22H27N3O6S. The van der Waals surface area contributed by atoms with Crippen molar-refractivity contribution in [3.63, 3.8) is 0 Å². The first kappa shape index (κ1) is 23.7. The number of likely N-dealkylation sites (N-methyl/N-ethyl adjacent to an activating group) is 1. The number of rotatable bonds is 7. The lowest BCUT2D eigenvalue weighted by atomic mass is 10.2. The van der Waals surface area contributed by atoms with E-state index in [-0.39, 0.29) is 29.7 Å². The van der Waals surface area contributed by atoms with Gasteiger partial charge >= 0.3 is 6.16 Å². The highest BCUT2D eigenvalue weighted by Crippen LogP contribution is 2.18. The van der Waals surface area contributed by atoms with Crippen molar-refractivity contribution in [2.45, 2.75) is 18.4 Å². The van der Waals surface area contributed by atoms with E-state index >= 15 is 0 Å². The maximum Gasteiger partial charge on any atom is 0.513 e. The Bertz CT molecular complexity index is 1030. The molecule has 3 rings (SSSR count). The maximum absolute atomic E-state index is 12.8. The Labute approximate surface area is 188 Å². The fourth-order valence-electron chi connectivity index (χ4n) is 3.16. The second-order valence-corrected chi connectivity index (χ2v) is 9.28. The molecule has 10 heteroatoms. The summed E-state index contributed by atoms with van der Waals surface area (Å²) in [4.78, 5) is 26.0. The molecule has 0 atom stereocenters. The summed E-state index contributed by atoms with van der Waals surface area (Å²) < 4.78 is 36.7. The summed E-state index contributed by atoms with van der Waals surface area (Å²) in [7, 11) is -1.55. The van der Waals surface area contributed by atoms with Gasteiger partial charge < -0.3 is 19.7 Å². The van der Waals surface area contributed by atoms with Crippen LogP contribution in [0.1, 0.15) is 22.8 Å². The van der Waals surface area contributed by atoms with Crippen molar-refractivity contribution in [2.75, 3.05) is 39.8 Å². The van der Waals surface area contributed by atoms with Crippen LogP contribution >= 0.6 is 0 Å². The third kappa shape index (κ3) is 6.06. The minimum atomic E-state index is -3.52. The molecule has 0 saturated carbocycles. The Morgan fingerprint density at radius 2 is 1.59 bits per heavy atom. The Hall–Kier alpha value is -2.95. The second-order valence-electron chi connectivity index (χ2n) is 7.34. The van der Waals surface area contributed by atoms with Gasteiger partial charge in [-0.2, -0.15) is 4.31 Å². The molecule has 172 valence electrons. The predicted octanol–water partition coefficient (Wildman–Crippen LogP) is 2.09. The first-order valence-electron chi connectivity index (χ1n) is 10.3. The summed E-state index contributed by atoms with van der Waals surface area (Å²) in [5, 5.41) is 2.79. The molecule has 1 aliphatic heterocycles. The van der Waals surface area contributed by atoms with E-state index in [0.29, 0.717) is 31.7 Å². The van der Waals surface area contributed by atoms with Crippen molar-refractivity contribution in [2.24, 2.45) is 0 Å². The predicted molar refractivity (Wildman–Crippen MR) is 118 cm³/mol. The number of carbonyl (C=O) groups is 2. The van der Waals surface area contributed by atoms with Gasteiger partial charge in [0.05, 0.1) is 11.5 Å². The number of amides is 1. The lowest BCUT2D eigenvalue weighted by molar-refractivity contribution is 0.0951. The van der Waals surface area contributed by atoms with Gasteiger partial charge in [0.25, 0.3) is 5.91 Å². The van der Waals surface area contributed by atoms with Crippen molar-refractivity contribution < 1.29 is 27.5 Å². The summed E-state index contributed by atoms with van der Waals surface area (Å²) in [6.45, 7) is 4.49. The number of piperazine rings is 1. The summed E-state index contributed by atoms with van der Waals surface area (Å²) in [5.74, 6) is -0.0287. The lowest BCUT2D eigenvalue weighted by Crippen LogP contribution is -2.47. The van der Waals surface area contributed by atoms with Crippen molar-refractivity contribution in [1.82, 2.24) is 14.5 Å². The molecule has 1 aliphatic rings. The van der Waals surface area contributed by atoms with Crippen LogP contribution in [0.5, 0.6) is 5.75 Å². The summed E-state index contributed by atoms with van der Waals surface area (Å²) in [6, 6.07) is 12.6. The highest BCUT2D eigenvalue weighted by molar-refractivity contribution is 7.89. The molecule has 32 heavy (non-hydrogen) atoms. The van der Waals surface area contributed by atoms with Crippen LogP contribution in [0, 0.1) is 0 Å². The molecule has 1 saturated heterocycles. The third-order valence-electron chi connectivity index (χ3n) is 5.06. The Morgan fingerprint density at radius 3 is 2.19 bits per heavy atom. The van der Waals surface area contributed by atoms with Gasteiger partial charge in [-0.15, -0.1) is 0 Å².